The van der Waals surface area contributed by atoms with E-state index in [0.29, 0.717) is 22.6 Å². The predicted octanol–water partition coefficient (Wildman–Crippen LogP) is 5.11. The molecule has 1 unspecified atom stereocenters. The fourth-order valence-corrected chi connectivity index (χ4v) is 3.92. The molecule has 4 rings (SSSR count). The molecule has 6 nitrogen and oxygen atoms in total. The molecular formula is C27H25NO5. The molecule has 1 heterocycles. The molecule has 1 aliphatic rings. The predicted molar refractivity (Wildman–Crippen MR) is 126 cm³/mol. The van der Waals surface area contributed by atoms with Crippen molar-refractivity contribution in [1.82, 2.24) is 0 Å². The number of anilines is 1. The maximum atomic E-state index is 13.2. The topological polar surface area (TPSA) is 87.1 Å². The zero-order valence-corrected chi connectivity index (χ0v) is 18.6. The Bertz CT molecular complexity index is 1230. The molecule has 2 N–H and O–H groups in total. The molecule has 0 aromatic heterocycles. The van der Waals surface area contributed by atoms with Crippen molar-refractivity contribution >= 4 is 23.1 Å². The van der Waals surface area contributed by atoms with Crippen LogP contribution in [0.5, 0.6) is 11.5 Å². The van der Waals surface area contributed by atoms with Crippen LogP contribution < -0.4 is 9.64 Å². The highest BCUT2D eigenvalue weighted by Gasteiger charge is 2.47. The van der Waals surface area contributed by atoms with Gasteiger partial charge in [0.2, 0.25) is 0 Å². The number of carbonyl (C=O) groups is 2. The van der Waals surface area contributed by atoms with E-state index in [0.717, 1.165) is 5.56 Å². The Kier molecular flexibility index (Phi) is 5.92. The van der Waals surface area contributed by atoms with Gasteiger partial charge in [0.05, 0.1) is 17.7 Å². The summed E-state index contributed by atoms with van der Waals surface area (Å²) in [5, 5.41) is 21.0. The smallest absolute Gasteiger partial charge is 0.300 e. The molecule has 0 bridgehead atoms. The molecule has 33 heavy (non-hydrogen) atoms. The lowest BCUT2D eigenvalue weighted by atomic mass is 9.95. The number of phenols is 1. The summed E-state index contributed by atoms with van der Waals surface area (Å²) in [5.74, 6) is -1.18. The van der Waals surface area contributed by atoms with Crippen LogP contribution in [0.4, 0.5) is 5.69 Å². The second-order valence-electron chi connectivity index (χ2n) is 8.29. The first kappa shape index (κ1) is 22.1. The Morgan fingerprint density at radius 3 is 2.27 bits per heavy atom. The third-order valence-corrected chi connectivity index (χ3v) is 5.44. The summed E-state index contributed by atoms with van der Waals surface area (Å²) in [6.07, 6.45) is -0.0634. The highest BCUT2D eigenvalue weighted by molar-refractivity contribution is 6.51. The van der Waals surface area contributed by atoms with Gasteiger partial charge < -0.3 is 14.9 Å². The van der Waals surface area contributed by atoms with Crippen LogP contribution in [0.1, 0.15) is 36.6 Å². The maximum Gasteiger partial charge on any atom is 0.300 e. The molecule has 0 spiro atoms. The SMILES string of the molecule is Cc1ccc(N2C(=O)C(=O)/C(=C(\O)c3cccc(OC(C)C)c3)C2c2ccc(O)cc2)cc1. The number of aliphatic hydroxyl groups excluding tert-OH is 1. The number of amides is 1. The summed E-state index contributed by atoms with van der Waals surface area (Å²) >= 11 is 0. The fraction of sp³-hybridized carbons (Fsp3) is 0.185. The van der Waals surface area contributed by atoms with Crippen LogP contribution in [-0.2, 0) is 9.59 Å². The van der Waals surface area contributed by atoms with E-state index < -0.39 is 17.7 Å². The Morgan fingerprint density at radius 1 is 0.970 bits per heavy atom. The number of aliphatic hydroxyl groups is 1. The number of hydrogen-bond acceptors (Lipinski definition) is 5. The minimum absolute atomic E-state index is 0.0204. The van der Waals surface area contributed by atoms with Crippen molar-refractivity contribution in [2.24, 2.45) is 0 Å². The van der Waals surface area contributed by atoms with E-state index >= 15 is 0 Å². The number of carbonyl (C=O) groups excluding carboxylic acids is 2. The highest BCUT2D eigenvalue weighted by Crippen LogP contribution is 2.42. The molecule has 168 valence electrons. The first-order chi connectivity index (χ1) is 15.8. The summed E-state index contributed by atoms with van der Waals surface area (Å²) < 4.78 is 5.72. The Labute approximate surface area is 192 Å². The lowest BCUT2D eigenvalue weighted by Gasteiger charge is -2.25. The molecule has 1 atom stereocenters. The van der Waals surface area contributed by atoms with Gasteiger partial charge in [-0.25, -0.2) is 0 Å². The summed E-state index contributed by atoms with van der Waals surface area (Å²) in [7, 11) is 0. The number of nitrogens with zero attached hydrogens (tertiary/aromatic N) is 1. The van der Waals surface area contributed by atoms with Gasteiger partial charge in [-0.1, -0.05) is 42.0 Å². The third-order valence-electron chi connectivity index (χ3n) is 5.44. The van der Waals surface area contributed by atoms with Crippen LogP contribution in [0.3, 0.4) is 0 Å². The largest absolute Gasteiger partial charge is 0.508 e. The van der Waals surface area contributed by atoms with Crippen molar-refractivity contribution in [2.75, 3.05) is 4.90 Å². The first-order valence-electron chi connectivity index (χ1n) is 10.7. The van der Waals surface area contributed by atoms with Crippen molar-refractivity contribution in [3.8, 4) is 11.5 Å². The molecule has 1 fully saturated rings. The van der Waals surface area contributed by atoms with E-state index in [1.165, 1.54) is 17.0 Å². The van der Waals surface area contributed by atoms with Gasteiger partial charge in [0.15, 0.2) is 0 Å². The standard InChI is InChI=1S/C27H25NO5/c1-16(2)33-22-6-4-5-19(15-22)25(30)23-24(18-9-13-21(29)14-10-18)28(27(32)26(23)31)20-11-7-17(3)8-12-20/h4-16,24,29-30H,1-3H3/b25-23-. The van der Waals surface area contributed by atoms with Crippen molar-refractivity contribution in [1.29, 1.82) is 0 Å². The van der Waals surface area contributed by atoms with Crippen LogP contribution >= 0.6 is 0 Å². The summed E-state index contributed by atoms with van der Waals surface area (Å²) in [6, 6.07) is 19.4. The van der Waals surface area contributed by atoms with E-state index in [2.05, 4.69) is 0 Å². The van der Waals surface area contributed by atoms with Gasteiger partial charge in [-0.2, -0.15) is 0 Å². The number of ether oxygens (including phenoxy) is 1. The monoisotopic (exact) mass is 443 g/mol. The Balaban J connectivity index is 1.90. The molecule has 1 aliphatic heterocycles. The first-order valence-corrected chi connectivity index (χ1v) is 10.7. The molecule has 6 heteroatoms. The van der Waals surface area contributed by atoms with Gasteiger partial charge in [0.25, 0.3) is 11.7 Å². The van der Waals surface area contributed by atoms with Gasteiger partial charge >= 0.3 is 0 Å². The van der Waals surface area contributed by atoms with Crippen molar-refractivity contribution in [2.45, 2.75) is 32.9 Å². The van der Waals surface area contributed by atoms with E-state index in [4.69, 9.17) is 4.74 Å². The van der Waals surface area contributed by atoms with Crippen LogP contribution in [0.25, 0.3) is 5.76 Å². The molecule has 0 aliphatic carbocycles. The van der Waals surface area contributed by atoms with E-state index in [9.17, 15) is 19.8 Å². The van der Waals surface area contributed by atoms with Gasteiger partial charge in [-0.3, -0.25) is 14.5 Å². The van der Waals surface area contributed by atoms with Crippen LogP contribution in [0.2, 0.25) is 0 Å². The van der Waals surface area contributed by atoms with E-state index in [1.54, 1.807) is 48.5 Å². The van der Waals surface area contributed by atoms with Crippen molar-refractivity contribution in [3.63, 3.8) is 0 Å². The normalized spacial score (nSPS) is 17.6. The molecule has 1 saturated heterocycles. The third kappa shape index (κ3) is 4.32. The Hall–Kier alpha value is -4.06. The molecule has 3 aromatic rings. The quantitative estimate of drug-likeness (QED) is 0.325. The number of phenolic OH excluding ortho intramolecular Hbond substituents is 1. The number of benzene rings is 3. The fourth-order valence-electron chi connectivity index (χ4n) is 3.92. The van der Waals surface area contributed by atoms with E-state index in [-0.39, 0.29) is 23.2 Å². The number of hydrogen-bond donors (Lipinski definition) is 2. The average molecular weight is 443 g/mol. The summed E-state index contributed by atoms with van der Waals surface area (Å²) in [5.41, 5.74) is 2.49. The zero-order chi connectivity index (χ0) is 23.7. The average Bonchev–Trinajstić information content (AvgIpc) is 3.05. The molecule has 1 amide bonds. The lowest BCUT2D eigenvalue weighted by molar-refractivity contribution is -0.132. The van der Waals surface area contributed by atoms with Crippen LogP contribution in [0, 0.1) is 6.92 Å². The van der Waals surface area contributed by atoms with Crippen LogP contribution in [-0.4, -0.2) is 28.0 Å². The van der Waals surface area contributed by atoms with Gasteiger partial charge in [-0.05, 0) is 62.7 Å². The number of aromatic hydroxyl groups is 1. The number of rotatable bonds is 5. The second kappa shape index (κ2) is 8.82. The summed E-state index contributed by atoms with van der Waals surface area (Å²) in [6.45, 7) is 5.72. The van der Waals surface area contributed by atoms with Crippen LogP contribution in [0.15, 0.2) is 78.4 Å². The number of Topliss-reactive ketones (excluding diaryl/α,β-unsaturated/α-hetero) is 1. The molecular weight excluding hydrogens is 418 g/mol. The Morgan fingerprint density at radius 2 is 1.64 bits per heavy atom. The van der Waals surface area contributed by atoms with Gasteiger partial charge in [0.1, 0.15) is 17.3 Å². The summed E-state index contributed by atoms with van der Waals surface area (Å²) in [4.78, 5) is 27.7. The van der Waals surface area contributed by atoms with E-state index in [1.807, 2.05) is 32.9 Å². The number of ketones is 1. The lowest BCUT2D eigenvalue weighted by Crippen LogP contribution is -2.29. The highest BCUT2D eigenvalue weighted by atomic mass is 16.5. The molecule has 0 radical (unpaired) electrons. The number of aryl methyl sites for hydroxylation is 1. The molecule has 3 aromatic carbocycles. The van der Waals surface area contributed by atoms with Gasteiger partial charge in [-0.15, -0.1) is 0 Å². The minimum atomic E-state index is -0.858. The second-order valence-corrected chi connectivity index (χ2v) is 8.29. The van der Waals surface area contributed by atoms with Crippen molar-refractivity contribution in [3.05, 3.63) is 95.1 Å². The zero-order valence-electron chi connectivity index (χ0n) is 18.6. The van der Waals surface area contributed by atoms with Gasteiger partial charge in [0, 0.05) is 11.3 Å². The minimum Gasteiger partial charge on any atom is -0.508 e. The van der Waals surface area contributed by atoms with Crippen molar-refractivity contribution < 1.29 is 24.5 Å². The molecule has 0 saturated carbocycles. The maximum absolute atomic E-state index is 13.2.